The van der Waals surface area contributed by atoms with Gasteiger partial charge in [0.25, 0.3) is 0 Å². The van der Waals surface area contributed by atoms with E-state index < -0.39 is 0 Å². The average Bonchev–Trinajstić information content (AvgIpc) is 2.39. The van der Waals surface area contributed by atoms with Crippen molar-refractivity contribution in [1.29, 1.82) is 0 Å². The Morgan fingerprint density at radius 2 is 1.89 bits per heavy atom. The van der Waals surface area contributed by atoms with Gasteiger partial charge in [0, 0.05) is 11.8 Å². The SMILES string of the molecule is CCc1ccc(Oc2cccc(N)c2)c(OC)c1. The summed E-state index contributed by atoms with van der Waals surface area (Å²) in [6, 6.07) is 13.3. The number of nitrogens with two attached hydrogens (primary N) is 1. The lowest BCUT2D eigenvalue weighted by Crippen LogP contribution is -1.93. The number of ether oxygens (including phenoxy) is 2. The Balaban J connectivity index is 2.28. The number of nitrogen functional groups attached to an aromatic ring is 1. The second-order valence-corrected chi connectivity index (χ2v) is 4.01. The number of methoxy groups -OCH3 is 1. The molecule has 3 heteroatoms. The minimum atomic E-state index is 0.677. The minimum Gasteiger partial charge on any atom is -0.493 e. The second kappa shape index (κ2) is 5.45. The summed E-state index contributed by atoms with van der Waals surface area (Å²) >= 11 is 0. The monoisotopic (exact) mass is 243 g/mol. The van der Waals surface area contributed by atoms with E-state index in [1.54, 1.807) is 13.2 Å². The molecule has 0 atom stereocenters. The van der Waals surface area contributed by atoms with Crippen molar-refractivity contribution in [2.24, 2.45) is 0 Å². The molecule has 94 valence electrons. The van der Waals surface area contributed by atoms with Crippen molar-refractivity contribution >= 4 is 5.69 Å². The summed E-state index contributed by atoms with van der Waals surface area (Å²) in [5, 5.41) is 0. The molecule has 0 aliphatic heterocycles. The maximum absolute atomic E-state index is 5.78. The molecule has 0 heterocycles. The molecule has 0 spiro atoms. The summed E-state index contributed by atoms with van der Waals surface area (Å²) in [5.41, 5.74) is 7.61. The number of aryl methyl sites for hydroxylation is 1. The third-order valence-corrected chi connectivity index (χ3v) is 2.72. The van der Waals surface area contributed by atoms with Crippen molar-refractivity contribution in [2.75, 3.05) is 12.8 Å². The van der Waals surface area contributed by atoms with E-state index in [0.717, 1.165) is 12.2 Å². The highest BCUT2D eigenvalue weighted by Crippen LogP contribution is 2.32. The molecule has 18 heavy (non-hydrogen) atoms. The van der Waals surface area contributed by atoms with Crippen LogP contribution >= 0.6 is 0 Å². The fourth-order valence-electron chi connectivity index (χ4n) is 1.72. The minimum absolute atomic E-state index is 0.677. The number of benzene rings is 2. The van der Waals surface area contributed by atoms with Crippen LogP contribution < -0.4 is 15.2 Å². The number of hydrogen-bond acceptors (Lipinski definition) is 3. The molecule has 3 nitrogen and oxygen atoms in total. The zero-order valence-corrected chi connectivity index (χ0v) is 10.6. The quantitative estimate of drug-likeness (QED) is 0.834. The maximum Gasteiger partial charge on any atom is 0.169 e. The summed E-state index contributed by atoms with van der Waals surface area (Å²) in [6.07, 6.45) is 0.967. The molecule has 2 N–H and O–H groups in total. The topological polar surface area (TPSA) is 44.5 Å². The van der Waals surface area contributed by atoms with Crippen molar-refractivity contribution in [2.45, 2.75) is 13.3 Å². The van der Waals surface area contributed by atoms with E-state index in [9.17, 15) is 0 Å². The van der Waals surface area contributed by atoms with Gasteiger partial charge >= 0.3 is 0 Å². The Kier molecular flexibility index (Phi) is 3.72. The van der Waals surface area contributed by atoms with Crippen LogP contribution in [0.15, 0.2) is 42.5 Å². The van der Waals surface area contributed by atoms with E-state index in [1.165, 1.54) is 5.56 Å². The van der Waals surface area contributed by atoms with Crippen molar-refractivity contribution in [3.8, 4) is 17.2 Å². The highest BCUT2D eigenvalue weighted by molar-refractivity contribution is 5.48. The van der Waals surface area contributed by atoms with Crippen LogP contribution in [0.2, 0.25) is 0 Å². The zero-order chi connectivity index (χ0) is 13.0. The van der Waals surface area contributed by atoms with Gasteiger partial charge in [0.2, 0.25) is 0 Å². The van der Waals surface area contributed by atoms with E-state index in [0.29, 0.717) is 17.2 Å². The number of rotatable bonds is 4. The zero-order valence-electron chi connectivity index (χ0n) is 10.6. The first-order valence-corrected chi connectivity index (χ1v) is 5.93. The molecule has 2 rings (SSSR count). The predicted octanol–water partition coefficient (Wildman–Crippen LogP) is 3.63. The first-order valence-electron chi connectivity index (χ1n) is 5.93. The Hall–Kier alpha value is -2.16. The molecule has 2 aromatic rings. The summed E-state index contributed by atoms with van der Waals surface area (Å²) in [5.74, 6) is 2.13. The van der Waals surface area contributed by atoms with Gasteiger partial charge in [0.1, 0.15) is 5.75 Å². The van der Waals surface area contributed by atoms with Crippen molar-refractivity contribution in [1.82, 2.24) is 0 Å². The van der Waals surface area contributed by atoms with Gasteiger partial charge < -0.3 is 15.2 Å². The molecule has 2 aromatic carbocycles. The number of hydrogen-bond donors (Lipinski definition) is 1. The first-order chi connectivity index (χ1) is 8.72. The van der Waals surface area contributed by atoms with E-state index in [1.807, 2.05) is 36.4 Å². The average molecular weight is 243 g/mol. The highest BCUT2D eigenvalue weighted by Gasteiger charge is 2.06. The Morgan fingerprint density at radius 3 is 2.56 bits per heavy atom. The van der Waals surface area contributed by atoms with Gasteiger partial charge in [-0.05, 0) is 36.2 Å². The lowest BCUT2D eigenvalue weighted by molar-refractivity contribution is 0.378. The highest BCUT2D eigenvalue weighted by atomic mass is 16.5. The molecule has 0 aliphatic carbocycles. The third kappa shape index (κ3) is 2.74. The molecular weight excluding hydrogens is 226 g/mol. The molecule has 0 saturated carbocycles. The van der Waals surface area contributed by atoms with Crippen LogP contribution in [0.1, 0.15) is 12.5 Å². The van der Waals surface area contributed by atoms with Gasteiger partial charge in [0.05, 0.1) is 7.11 Å². The Bertz CT molecular complexity index is 538. The Labute approximate surface area is 107 Å². The molecule has 0 fully saturated rings. The molecule has 0 bridgehead atoms. The van der Waals surface area contributed by atoms with Gasteiger partial charge in [-0.25, -0.2) is 0 Å². The first kappa shape index (κ1) is 12.3. The van der Waals surface area contributed by atoms with E-state index in [-0.39, 0.29) is 0 Å². The molecule has 0 aliphatic rings. The molecule has 0 amide bonds. The van der Waals surface area contributed by atoms with Gasteiger partial charge in [-0.2, -0.15) is 0 Å². The third-order valence-electron chi connectivity index (χ3n) is 2.72. The van der Waals surface area contributed by atoms with Crippen LogP contribution in [0.5, 0.6) is 17.2 Å². The predicted molar refractivity (Wildman–Crippen MR) is 73.3 cm³/mol. The molecule has 0 aromatic heterocycles. The van der Waals surface area contributed by atoms with Crippen LogP contribution in [-0.2, 0) is 6.42 Å². The van der Waals surface area contributed by atoms with Crippen LogP contribution in [0.4, 0.5) is 5.69 Å². The van der Waals surface area contributed by atoms with Gasteiger partial charge in [-0.1, -0.05) is 19.1 Å². The fraction of sp³-hybridized carbons (Fsp3) is 0.200. The fourth-order valence-corrected chi connectivity index (χ4v) is 1.72. The van der Waals surface area contributed by atoms with E-state index >= 15 is 0 Å². The van der Waals surface area contributed by atoms with Crippen molar-refractivity contribution in [3.05, 3.63) is 48.0 Å². The van der Waals surface area contributed by atoms with E-state index in [2.05, 4.69) is 6.92 Å². The van der Waals surface area contributed by atoms with Crippen LogP contribution in [0.25, 0.3) is 0 Å². The van der Waals surface area contributed by atoms with Crippen LogP contribution in [0.3, 0.4) is 0 Å². The molecule has 0 unspecified atom stereocenters. The smallest absolute Gasteiger partial charge is 0.169 e. The lowest BCUT2D eigenvalue weighted by atomic mass is 10.1. The molecule has 0 radical (unpaired) electrons. The van der Waals surface area contributed by atoms with E-state index in [4.69, 9.17) is 15.2 Å². The lowest BCUT2D eigenvalue weighted by Gasteiger charge is -2.11. The van der Waals surface area contributed by atoms with Gasteiger partial charge in [-0.3, -0.25) is 0 Å². The largest absolute Gasteiger partial charge is 0.493 e. The summed E-state index contributed by atoms with van der Waals surface area (Å²) < 4.78 is 11.1. The van der Waals surface area contributed by atoms with Gasteiger partial charge in [0.15, 0.2) is 11.5 Å². The summed E-state index contributed by atoms with van der Waals surface area (Å²) in [6.45, 7) is 2.10. The number of anilines is 1. The molecule has 0 saturated heterocycles. The van der Waals surface area contributed by atoms with Crippen molar-refractivity contribution < 1.29 is 9.47 Å². The van der Waals surface area contributed by atoms with Crippen LogP contribution in [0, 0.1) is 0 Å². The Morgan fingerprint density at radius 1 is 1.06 bits per heavy atom. The standard InChI is InChI=1S/C15H17NO2/c1-3-11-7-8-14(15(9-11)17-2)18-13-6-4-5-12(16)10-13/h4-10H,3,16H2,1-2H3. The maximum atomic E-state index is 5.78. The van der Waals surface area contributed by atoms with Gasteiger partial charge in [-0.15, -0.1) is 0 Å². The summed E-state index contributed by atoms with van der Waals surface area (Å²) in [7, 11) is 1.64. The molecular formula is C15H17NO2. The van der Waals surface area contributed by atoms with Crippen molar-refractivity contribution in [3.63, 3.8) is 0 Å². The summed E-state index contributed by atoms with van der Waals surface area (Å²) in [4.78, 5) is 0. The second-order valence-electron chi connectivity index (χ2n) is 4.01. The van der Waals surface area contributed by atoms with Crippen LogP contribution in [-0.4, -0.2) is 7.11 Å². The normalized spacial score (nSPS) is 10.1.